The largest absolute Gasteiger partial charge is 0.370 e. The van der Waals surface area contributed by atoms with E-state index in [9.17, 15) is 17.2 Å². The van der Waals surface area contributed by atoms with Crippen LogP contribution in [0.25, 0.3) is 0 Å². The Morgan fingerprint density at radius 2 is 1.89 bits per heavy atom. The molecule has 1 aliphatic heterocycles. The molecular weight excluding hydrogens is 393 g/mol. The fourth-order valence-electron chi connectivity index (χ4n) is 3.55. The number of rotatable bonds is 5. The van der Waals surface area contributed by atoms with Gasteiger partial charge in [0.1, 0.15) is 5.69 Å². The van der Waals surface area contributed by atoms with E-state index < -0.39 is 37.9 Å². The van der Waals surface area contributed by atoms with Gasteiger partial charge in [0.25, 0.3) is 6.43 Å². The highest BCUT2D eigenvalue weighted by Gasteiger charge is 2.49. The number of nitrogens with zero attached hydrogens (tertiary/aromatic N) is 4. The zero-order chi connectivity index (χ0) is 20.7. The zero-order valence-electron chi connectivity index (χ0n) is 15.9. The Bertz CT molecular complexity index is 934. The maximum absolute atomic E-state index is 15.6. The van der Waals surface area contributed by atoms with Gasteiger partial charge in [-0.1, -0.05) is 0 Å². The Kier molecular flexibility index (Phi) is 5.44. The number of hydrogen-bond acceptors (Lipinski definition) is 5. The summed E-state index contributed by atoms with van der Waals surface area (Å²) in [7, 11) is -3.28. The van der Waals surface area contributed by atoms with Gasteiger partial charge < -0.3 is 4.90 Å². The number of alkyl halides is 3. The van der Waals surface area contributed by atoms with E-state index in [1.54, 1.807) is 6.20 Å². The molecule has 28 heavy (non-hydrogen) atoms. The van der Waals surface area contributed by atoms with Crippen LogP contribution in [0.5, 0.6) is 0 Å². The molecule has 154 valence electrons. The lowest BCUT2D eigenvalue weighted by molar-refractivity contribution is 0.145. The molecule has 0 radical (unpaired) electrons. The van der Waals surface area contributed by atoms with Crippen LogP contribution in [0.4, 0.5) is 18.9 Å². The van der Waals surface area contributed by atoms with Crippen LogP contribution in [0.1, 0.15) is 37.6 Å². The van der Waals surface area contributed by atoms with E-state index in [0.29, 0.717) is 25.9 Å². The van der Waals surface area contributed by atoms with E-state index in [2.05, 4.69) is 10.1 Å². The molecule has 1 saturated heterocycles. The first-order chi connectivity index (χ1) is 13.0. The molecule has 0 spiro atoms. The molecule has 6 nitrogen and oxygen atoms in total. The quantitative estimate of drug-likeness (QED) is 0.747. The summed E-state index contributed by atoms with van der Waals surface area (Å²) >= 11 is 0. The number of aryl methyl sites for hydroxylation is 2. The SMILES string of the molecule is Cc1ccc(N2CCC(C(C)(F)S(=O)(=O)c3cc(C(F)F)nn3C)CC2)cn1. The Hall–Kier alpha value is -2.10. The summed E-state index contributed by atoms with van der Waals surface area (Å²) in [5.41, 5.74) is 1.11. The van der Waals surface area contributed by atoms with E-state index in [0.717, 1.165) is 29.1 Å². The van der Waals surface area contributed by atoms with Crippen molar-refractivity contribution in [2.24, 2.45) is 13.0 Å². The van der Waals surface area contributed by atoms with Crippen LogP contribution in [0.2, 0.25) is 0 Å². The Labute approximate surface area is 162 Å². The van der Waals surface area contributed by atoms with Gasteiger partial charge in [-0.3, -0.25) is 9.67 Å². The smallest absolute Gasteiger partial charge is 0.282 e. The van der Waals surface area contributed by atoms with Gasteiger partial charge in [-0.15, -0.1) is 0 Å². The lowest BCUT2D eigenvalue weighted by Gasteiger charge is -2.38. The van der Waals surface area contributed by atoms with Crippen LogP contribution < -0.4 is 4.90 Å². The predicted octanol–water partition coefficient (Wildman–Crippen LogP) is 3.44. The van der Waals surface area contributed by atoms with Crippen molar-refractivity contribution in [1.82, 2.24) is 14.8 Å². The molecule has 1 atom stereocenters. The molecule has 0 bridgehead atoms. The number of halogens is 3. The third-order valence-electron chi connectivity index (χ3n) is 5.37. The molecule has 1 unspecified atom stereocenters. The van der Waals surface area contributed by atoms with E-state index >= 15 is 4.39 Å². The second kappa shape index (κ2) is 7.38. The van der Waals surface area contributed by atoms with Crippen molar-refractivity contribution in [2.75, 3.05) is 18.0 Å². The van der Waals surface area contributed by atoms with Crippen molar-refractivity contribution in [1.29, 1.82) is 0 Å². The minimum Gasteiger partial charge on any atom is -0.370 e. The van der Waals surface area contributed by atoms with Crippen molar-refractivity contribution in [3.8, 4) is 0 Å². The van der Waals surface area contributed by atoms with Crippen LogP contribution in [-0.4, -0.2) is 41.3 Å². The Balaban J connectivity index is 1.78. The minimum absolute atomic E-state index is 0.319. The molecule has 1 aliphatic rings. The van der Waals surface area contributed by atoms with E-state index in [4.69, 9.17) is 0 Å². The van der Waals surface area contributed by atoms with Crippen molar-refractivity contribution in [3.05, 3.63) is 35.8 Å². The van der Waals surface area contributed by atoms with Crippen molar-refractivity contribution in [3.63, 3.8) is 0 Å². The number of hydrogen-bond donors (Lipinski definition) is 0. The molecule has 10 heteroatoms. The maximum atomic E-state index is 15.6. The van der Waals surface area contributed by atoms with Gasteiger partial charge in [0.15, 0.2) is 5.03 Å². The highest BCUT2D eigenvalue weighted by Crippen LogP contribution is 2.40. The number of pyridine rings is 1. The molecule has 2 aromatic rings. The van der Waals surface area contributed by atoms with Gasteiger partial charge >= 0.3 is 0 Å². The van der Waals surface area contributed by atoms with E-state index in [-0.39, 0.29) is 0 Å². The van der Waals surface area contributed by atoms with Crippen LogP contribution in [0.15, 0.2) is 29.4 Å². The van der Waals surface area contributed by atoms with Crippen molar-refractivity contribution < 1.29 is 21.6 Å². The summed E-state index contributed by atoms with van der Waals surface area (Å²) in [4.78, 5) is 6.28. The number of piperidine rings is 1. The topological polar surface area (TPSA) is 68.1 Å². The molecule has 0 saturated carbocycles. The first-order valence-electron chi connectivity index (χ1n) is 8.97. The number of sulfone groups is 1. The standard InChI is InChI=1S/C18H23F3N4O2S/c1-12-4-5-14(11-22-12)25-8-6-13(7-9-25)18(2,21)28(26,27)16-10-15(17(19)20)23-24(16)3/h4-5,10-11,13,17H,6-9H2,1-3H3. The summed E-state index contributed by atoms with van der Waals surface area (Å²) in [6.07, 6.45) is -0.547. The van der Waals surface area contributed by atoms with Gasteiger partial charge in [0, 0.05) is 37.8 Å². The fourth-order valence-corrected chi connectivity index (χ4v) is 5.30. The zero-order valence-corrected chi connectivity index (χ0v) is 16.8. The van der Waals surface area contributed by atoms with Crippen molar-refractivity contribution >= 4 is 15.5 Å². The van der Waals surface area contributed by atoms with Crippen LogP contribution in [0.3, 0.4) is 0 Å². The summed E-state index contributed by atoms with van der Waals surface area (Å²) in [5, 5.41) is 0.384. The average molecular weight is 416 g/mol. The molecule has 1 fully saturated rings. The highest BCUT2D eigenvalue weighted by atomic mass is 32.2. The molecule has 3 heterocycles. The molecule has 0 aromatic carbocycles. The van der Waals surface area contributed by atoms with Gasteiger partial charge in [0.05, 0.1) is 11.9 Å². The second-order valence-electron chi connectivity index (χ2n) is 7.24. The lowest BCUT2D eigenvalue weighted by Crippen LogP contribution is -2.46. The molecule has 2 aromatic heterocycles. The van der Waals surface area contributed by atoms with Gasteiger partial charge in [0.2, 0.25) is 14.8 Å². The van der Waals surface area contributed by atoms with E-state index in [1.807, 2.05) is 24.0 Å². The lowest BCUT2D eigenvalue weighted by atomic mass is 9.92. The summed E-state index contributed by atoms with van der Waals surface area (Å²) < 4.78 is 67.9. The Morgan fingerprint density at radius 3 is 2.39 bits per heavy atom. The van der Waals surface area contributed by atoms with Crippen LogP contribution in [-0.2, 0) is 16.9 Å². The summed E-state index contributed by atoms with van der Waals surface area (Å²) in [6, 6.07) is 4.56. The fraction of sp³-hybridized carbons (Fsp3) is 0.556. The van der Waals surface area contributed by atoms with E-state index in [1.165, 1.54) is 7.05 Å². The minimum atomic E-state index is -4.50. The summed E-state index contributed by atoms with van der Waals surface area (Å²) in [6.45, 7) is 3.87. The Morgan fingerprint density at radius 1 is 1.25 bits per heavy atom. The predicted molar refractivity (Wildman–Crippen MR) is 98.8 cm³/mol. The van der Waals surface area contributed by atoms with Crippen LogP contribution in [0, 0.1) is 12.8 Å². The van der Waals surface area contributed by atoms with Crippen molar-refractivity contribution in [2.45, 2.75) is 43.1 Å². The number of aromatic nitrogens is 3. The molecule has 0 N–H and O–H groups in total. The first kappa shape index (κ1) is 20.6. The van der Waals surface area contributed by atoms with Gasteiger partial charge in [-0.25, -0.2) is 21.6 Å². The third-order valence-corrected chi connectivity index (χ3v) is 7.68. The van der Waals surface area contributed by atoms with Gasteiger partial charge in [-0.2, -0.15) is 5.10 Å². The number of anilines is 1. The van der Waals surface area contributed by atoms with Gasteiger partial charge in [-0.05, 0) is 38.8 Å². The third kappa shape index (κ3) is 3.61. The average Bonchev–Trinajstić information content (AvgIpc) is 3.05. The molecular formula is C18H23F3N4O2S. The molecule has 0 aliphatic carbocycles. The maximum Gasteiger partial charge on any atom is 0.282 e. The normalized spacial score (nSPS) is 18.5. The monoisotopic (exact) mass is 416 g/mol. The highest BCUT2D eigenvalue weighted by molar-refractivity contribution is 7.92. The molecule has 0 amide bonds. The first-order valence-corrected chi connectivity index (χ1v) is 10.5. The molecule has 3 rings (SSSR count). The van der Waals surface area contributed by atoms with Crippen LogP contribution >= 0.6 is 0 Å². The second-order valence-corrected chi connectivity index (χ2v) is 9.46. The summed E-state index contributed by atoms with van der Waals surface area (Å²) in [5.74, 6) is -0.753.